The molecule has 16 heavy (non-hydrogen) atoms. The lowest BCUT2D eigenvalue weighted by atomic mass is 10.0. The van der Waals surface area contributed by atoms with E-state index in [2.05, 4.69) is 53.7 Å². The average Bonchev–Trinajstić information content (AvgIpc) is 2.27. The molecule has 1 rings (SSSR count). The number of hydrogen-bond donors (Lipinski definition) is 1. The smallest absolute Gasteiger partial charge is 0.155 e. The molecule has 0 saturated heterocycles. The molecule has 0 spiro atoms. The van der Waals surface area contributed by atoms with Crippen LogP contribution in [0, 0.1) is 6.92 Å². The number of amidine groups is 1. The molecule has 3 heteroatoms. The lowest BCUT2D eigenvalue weighted by molar-refractivity contribution is 1.06. The molecule has 2 N–H and O–H groups in total. The van der Waals surface area contributed by atoms with E-state index in [1.807, 2.05) is 0 Å². The molecule has 1 aromatic rings. The lowest BCUT2D eigenvalue weighted by Crippen LogP contribution is -2.02. The van der Waals surface area contributed by atoms with Crippen LogP contribution in [-0.2, 0) is 0 Å². The highest BCUT2D eigenvalue weighted by Crippen LogP contribution is 2.16. The normalized spacial score (nSPS) is 14.5. The van der Waals surface area contributed by atoms with Crippen molar-refractivity contribution < 1.29 is 0 Å². The number of halogens is 1. The Balaban J connectivity index is 2.72. The number of hydrogen-bond acceptors (Lipinski definition) is 1. The molecule has 0 fully saturated rings. The summed E-state index contributed by atoms with van der Waals surface area (Å²) in [6.07, 6.45) is 1.50. The highest BCUT2D eigenvalue weighted by molar-refractivity contribution is 14.2. The van der Waals surface area contributed by atoms with Crippen molar-refractivity contribution in [2.24, 2.45) is 10.7 Å². The molecule has 0 unspecified atom stereocenters. The van der Waals surface area contributed by atoms with Crippen molar-refractivity contribution in [3.63, 3.8) is 0 Å². The van der Waals surface area contributed by atoms with Crippen LogP contribution in [0.15, 0.2) is 42.0 Å². The van der Waals surface area contributed by atoms with Gasteiger partial charge in [0.25, 0.3) is 0 Å². The van der Waals surface area contributed by atoms with Gasteiger partial charge in [-0.05, 0) is 37.2 Å². The molecule has 1 atom stereocenters. The molecular weight excluding hydrogens is 311 g/mol. The highest BCUT2D eigenvalue weighted by atomic mass is 127. The molecule has 0 aliphatic rings. The second-order valence-electron chi connectivity index (χ2n) is 3.57. The van der Waals surface area contributed by atoms with Crippen LogP contribution in [0.4, 0.5) is 0 Å². The third kappa shape index (κ3) is 4.26. The zero-order chi connectivity index (χ0) is 12.0. The summed E-state index contributed by atoms with van der Waals surface area (Å²) in [5, 5.41) is 0. The van der Waals surface area contributed by atoms with Gasteiger partial charge in [0.05, 0.1) is 0 Å². The van der Waals surface area contributed by atoms with Gasteiger partial charge < -0.3 is 5.73 Å². The Morgan fingerprint density at radius 2 is 2.06 bits per heavy atom. The van der Waals surface area contributed by atoms with E-state index in [1.54, 1.807) is 0 Å². The topological polar surface area (TPSA) is 38.4 Å². The van der Waals surface area contributed by atoms with E-state index in [9.17, 15) is 0 Å². The summed E-state index contributed by atoms with van der Waals surface area (Å²) in [5.74, 6) is 0.437. The van der Waals surface area contributed by atoms with Gasteiger partial charge in [-0.3, -0.25) is 0 Å². The fraction of sp³-hybridized carbons (Fsp3) is 0.231. The number of aryl methyl sites for hydroxylation is 1. The Bertz CT molecular complexity index is 404. The largest absolute Gasteiger partial charge is 0.379 e. The van der Waals surface area contributed by atoms with Gasteiger partial charge in [-0.25, -0.2) is 4.99 Å². The van der Waals surface area contributed by atoms with Crippen LogP contribution in [0.25, 0.3) is 0 Å². The van der Waals surface area contributed by atoms with Crippen LogP contribution >= 0.6 is 20.7 Å². The summed E-state index contributed by atoms with van der Waals surface area (Å²) < 4.78 is 2.99. The summed E-state index contributed by atoms with van der Waals surface area (Å²) in [7, 11) is 0. The molecule has 0 aliphatic carbocycles. The van der Waals surface area contributed by atoms with E-state index in [4.69, 9.17) is 5.73 Å². The standard InChI is InChI=1S/C13H17IN2/c1-4-16-13(15)14-9-11(3)12-7-5-10(2)6-8-12/h4-9,11H,1H2,2-3H3,(H2,15,16)/t11-/m0/s1. The molecule has 1 aromatic carbocycles. The van der Waals surface area contributed by atoms with Crippen molar-refractivity contribution >= 4 is 28.6 Å². The molecule has 86 valence electrons. The molecule has 0 aliphatic heterocycles. The van der Waals surface area contributed by atoms with Crippen molar-refractivity contribution in [2.75, 3.05) is 0 Å². The molecule has 0 saturated carbocycles. The van der Waals surface area contributed by atoms with E-state index in [1.165, 1.54) is 17.3 Å². The quantitative estimate of drug-likeness (QED) is 0.391. The maximum atomic E-state index is 5.73. The molecule has 0 heterocycles. The van der Waals surface area contributed by atoms with Crippen molar-refractivity contribution in [1.82, 2.24) is 0 Å². The Morgan fingerprint density at radius 3 is 2.62 bits per heavy atom. The summed E-state index contributed by atoms with van der Waals surface area (Å²) in [6, 6.07) is 8.61. The van der Waals surface area contributed by atoms with Crippen molar-refractivity contribution in [2.45, 2.75) is 19.8 Å². The molecular formula is C13H17IN2. The summed E-state index contributed by atoms with van der Waals surface area (Å²) in [4.78, 5) is 3.98. The Labute approximate surface area is 107 Å². The van der Waals surface area contributed by atoms with Gasteiger partial charge in [0.2, 0.25) is 0 Å². The summed E-state index contributed by atoms with van der Waals surface area (Å²) >= 11 is -0.287. The SMILES string of the molecule is C=CN=C(N)I=C[C@H](C)c1ccc(C)cc1. The minimum Gasteiger partial charge on any atom is -0.379 e. The van der Waals surface area contributed by atoms with Crippen LogP contribution < -0.4 is 5.73 Å². The third-order valence-corrected chi connectivity index (χ3v) is 4.54. The lowest BCUT2D eigenvalue weighted by Gasteiger charge is -2.06. The number of nitrogens with two attached hydrogens (primary N) is 1. The maximum absolute atomic E-state index is 5.73. The van der Waals surface area contributed by atoms with Crippen molar-refractivity contribution in [3.05, 3.63) is 48.2 Å². The highest BCUT2D eigenvalue weighted by Gasteiger charge is 2.00. The average molecular weight is 328 g/mol. The van der Waals surface area contributed by atoms with Crippen molar-refractivity contribution in [3.8, 4) is 0 Å². The predicted molar refractivity (Wildman–Crippen MR) is 81.5 cm³/mol. The fourth-order valence-corrected chi connectivity index (χ4v) is 2.90. The number of rotatable bonds is 4. The zero-order valence-electron chi connectivity index (χ0n) is 9.65. The first-order valence-corrected chi connectivity index (χ1v) is 7.43. The Hall–Kier alpha value is -0.970. The van der Waals surface area contributed by atoms with Gasteiger partial charge in [0, 0.05) is 12.1 Å². The van der Waals surface area contributed by atoms with Crippen LogP contribution in [0.3, 0.4) is 0 Å². The van der Waals surface area contributed by atoms with Gasteiger partial charge in [-0.1, -0.05) is 43.3 Å². The second-order valence-corrected chi connectivity index (χ2v) is 6.02. The monoisotopic (exact) mass is 328 g/mol. The molecule has 0 aromatic heterocycles. The Morgan fingerprint density at radius 1 is 1.44 bits per heavy atom. The fourth-order valence-electron chi connectivity index (χ4n) is 1.22. The van der Waals surface area contributed by atoms with Crippen molar-refractivity contribution in [1.29, 1.82) is 0 Å². The summed E-state index contributed by atoms with van der Waals surface area (Å²) in [6.45, 7) is 7.81. The number of aliphatic imine (C=N–C) groups is 1. The van der Waals surface area contributed by atoms with E-state index >= 15 is 0 Å². The van der Waals surface area contributed by atoms with E-state index in [-0.39, 0.29) is 20.7 Å². The van der Waals surface area contributed by atoms with Crippen LogP contribution in [0.2, 0.25) is 0 Å². The zero-order valence-corrected chi connectivity index (χ0v) is 11.8. The molecule has 2 nitrogen and oxygen atoms in total. The first kappa shape index (κ1) is 13.1. The van der Waals surface area contributed by atoms with E-state index in [0.29, 0.717) is 9.76 Å². The first-order valence-electron chi connectivity index (χ1n) is 5.11. The van der Waals surface area contributed by atoms with Gasteiger partial charge in [0.1, 0.15) is 0 Å². The van der Waals surface area contributed by atoms with E-state index in [0.717, 1.165) is 0 Å². The third-order valence-electron chi connectivity index (χ3n) is 2.18. The van der Waals surface area contributed by atoms with Gasteiger partial charge in [-0.2, -0.15) is 0 Å². The summed E-state index contributed by atoms with van der Waals surface area (Å²) in [5.41, 5.74) is 8.35. The van der Waals surface area contributed by atoms with E-state index < -0.39 is 0 Å². The van der Waals surface area contributed by atoms with Gasteiger partial charge >= 0.3 is 0 Å². The number of benzene rings is 1. The molecule has 0 amide bonds. The predicted octanol–water partition coefficient (Wildman–Crippen LogP) is 3.33. The van der Waals surface area contributed by atoms with Crippen LogP contribution in [0.5, 0.6) is 0 Å². The maximum Gasteiger partial charge on any atom is 0.155 e. The Kier molecular flexibility index (Phi) is 5.38. The first-order chi connectivity index (χ1) is 7.63. The van der Waals surface area contributed by atoms with Crippen LogP contribution in [-0.4, -0.2) is 7.85 Å². The minimum atomic E-state index is -0.287. The van der Waals surface area contributed by atoms with Crippen LogP contribution in [0.1, 0.15) is 24.0 Å². The minimum absolute atomic E-state index is 0.287. The van der Waals surface area contributed by atoms with Gasteiger partial charge in [0.15, 0.2) is 3.84 Å². The second kappa shape index (κ2) is 6.58. The van der Waals surface area contributed by atoms with Gasteiger partial charge in [-0.15, -0.1) is 0 Å². The molecule has 0 bridgehead atoms. The number of nitrogens with zero attached hydrogens (tertiary/aromatic N) is 1. The molecule has 0 radical (unpaired) electrons.